The Kier molecular flexibility index (Phi) is 9.84. The number of hydrogen-bond acceptors (Lipinski definition) is 5. The molecule has 0 aromatic heterocycles. The quantitative estimate of drug-likeness (QED) is 0.368. The van der Waals surface area contributed by atoms with Gasteiger partial charge in [-0.2, -0.15) is 0 Å². The van der Waals surface area contributed by atoms with Crippen LogP contribution in [-0.2, 0) is 26.2 Å². The summed E-state index contributed by atoms with van der Waals surface area (Å²) in [6.07, 6.45) is 1.73. The molecule has 1 N–H and O–H groups in total. The lowest BCUT2D eigenvalue weighted by molar-refractivity contribution is -0.139. The van der Waals surface area contributed by atoms with Crippen molar-refractivity contribution in [1.29, 1.82) is 0 Å². The first kappa shape index (κ1) is 28.6. The SMILES string of the molecule is CCCNC(=O)[C@@H](C)N(Cc1ccc(F)cc1)C(=O)CN(c1ccc(Oc2ccccc2)cc1)S(C)(=O)=O. The van der Waals surface area contributed by atoms with Crippen LogP contribution in [0.5, 0.6) is 11.5 Å². The maximum Gasteiger partial charge on any atom is 0.244 e. The molecule has 3 aromatic carbocycles. The molecule has 0 bridgehead atoms. The molecular weight excluding hydrogens is 509 g/mol. The molecule has 0 unspecified atom stereocenters. The molecule has 0 radical (unpaired) electrons. The molecule has 0 aliphatic carbocycles. The molecule has 0 fully saturated rings. The number of carbonyl (C=O) groups excluding carboxylic acids is 2. The topological polar surface area (TPSA) is 96.0 Å². The molecule has 0 aliphatic heterocycles. The third kappa shape index (κ3) is 8.04. The number of nitrogens with one attached hydrogen (secondary N) is 1. The van der Waals surface area contributed by atoms with Gasteiger partial charge in [0.25, 0.3) is 0 Å². The van der Waals surface area contributed by atoms with E-state index in [9.17, 15) is 22.4 Å². The summed E-state index contributed by atoms with van der Waals surface area (Å²) in [4.78, 5) is 27.5. The summed E-state index contributed by atoms with van der Waals surface area (Å²) >= 11 is 0. The van der Waals surface area contributed by atoms with Crippen LogP contribution in [0.1, 0.15) is 25.8 Å². The molecule has 0 saturated carbocycles. The number of rotatable bonds is 12. The molecule has 8 nitrogen and oxygen atoms in total. The third-order valence-corrected chi connectivity index (χ3v) is 6.91. The Morgan fingerprint density at radius 1 is 0.947 bits per heavy atom. The van der Waals surface area contributed by atoms with Gasteiger partial charge in [0.2, 0.25) is 21.8 Å². The van der Waals surface area contributed by atoms with Crippen molar-refractivity contribution < 1.29 is 27.1 Å². The standard InChI is InChI=1S/C28H32FN3O5S/c1-4-18-30-28(34)21(2)31(19-22-10-12-23(29)13-11-22)27(33)20-32(38(3,35)36)24-14-16-26(17-15-24)37-25-8-6-5-7-9-25/h5-17,21H,4,18-20H2,1-3H3,(H,30,34)/t21-/m1/s1. The lowest BCUT2D eigenvalue weighted by Gasteiger charge is -2.31. The molecule has 0 saturated heterocycles. The molecule has 0 spiro atoms. The number of amides is 2. The number of anilines is 1. The van der Waals surface area contributed by atoms with Gasteiger partial charge in [-0.3, -0.25) is 13.9 Å². The van der Waals surface area contributed by atoms with E-state index < -0.39 is 34.3 Å². The third-order valence-electron chi connectivity index (χ3n) is 5.77. The summed E-state index contributed by atoms with van der Waals surface area (Å²) in [6.45, 7) is 3.40. The van der Waals surface area contributed by atoms with Gasteiger partial charge in [-0.1, -0.05) is 37.3 Å². The zero-order valence-corrected chi connectivity index (χ0v) is 22.4. The van der Waals surface area contributed by atoms with Crippen LogP contribution in [-0.4, -0.2) is 50.5 Å². The Bertz CT molecular complexity index is 1320. The van der Waals surface area contributed by atoms with E-state index in [1.807, 2.05) is 25.1 Å². The smallest absolute Gasteiger partial charge is 0.244 e. The van der Waals surface area contributed by atoms with Crippen molar-refractivity contribution in [2.75, 3.05) is 23.7 Å². The van der Waals surface area contributed by atoms with E-state index in [0.717, 1.165) is 17.0 Å². The second-order valence-corrected chi connectivity index (χ2v) is 10.7. The summed E-state index contributed by atoms with van der Waals surface area (Å²) in [5.41, 5.74) is 0.870. The van der Waals surface area contributed by atoms with Crippen molar-refractivity contribution in [3.05, 3.63) is 90.2 Å². The van der Waals surface area contributed by atoms with Gasteiger partial charge in [0.1, 0.15) is 29.9 Å². The van der Waals surface area contributed by atoms with Crippen molar-refractivity contribution in [3.8, 4) is 11.5 Å². The van der Waals surface area contributed by atoms with Gasteiger partial charge in [-0.15, -0.1) is 0 Å². The maximum atomic E-state index is 13.5. The maximum absolute atomic E-state index is 13.5. The minimum atomic E-state index is -3.86. The van der Waals surface area contributed by atoms with Crippen molar-refractivity contribution in [3.63, 3.8) is 0 Å². The molecule has 0 heterocycles. The molecule has 3 rings (SSSR count). The zero-order valence-electron chi connectivity index (χ0n) is 21.6. The van der Waals surface area contributed by atoms with Crippen LogP contribution in [0.3, 0.4) is 0 Å². The number of para-hydroxylation sites is 1. The molecule has 0 aliphatic rings. The predicted octanol–water partition coefficient (Wildman–Crippen LogP) is 4.33. The first-order valence-electron chi connectivity index (χ1n) is 12.2. The largest absolute Gasteiger partial charge is 0.457 e. The summed E-state index contributed by atoms with van der Waals surface area (Å²) < 4.78 is 45.6. The molecule has 10 heteroatoms. The number of hydrogen-bond donors (Lipinski definition) is 1. The lowest BCUT2D eigenvalue weighted by atomic mass is 10.1. The number of sulfonamides is 1. The highest BCUT2D eigenvalue weighted by Gasteiger charge is 2.30. The Balaban J connectivity index is 1.84. The summed E-state index contributed by atoms with van der Waals surface area (Å²) in [5.74, 6) is -0.247. The Labute approximate surface area is 223 Å². The zero-order chi connectivity index (χ0) is 27.7. The van der Waals surface area contributed by atoms with Gasteiger partial charge in [-0.25, -0.2) is 12.8 Å². The minimum Gasteiger partial charge on any atom is -0.457 e. The van der Waals surface area contributed by atoms with E-state index in [1.54, 1.807) is 43.3 Å². The average Bonchev–Trinajstić information content (AvgIpc) is 2.90. The van der Waals surface area contributed by atoms with Crippen molar-refractivity contribution in [2.24, 2.45) is 0 Å². The molecule has 38 heavy (non-hydrogen) atoms. The van der Waals surface area contributed by atoms with Gasteiger partial charge in [0.05, 0.1) is 11.9 Å². The minimum absolute atomic E-state index is 0.00127. The average molecular weight is 542 g/mol. The van der Waals surface area contributed by atoms with E-state index in [2.05, 4.69) is 5.32 Å². The number of nitrogens with zero attached hydrogens (tertiary/aromatic N) is 2. The van der Waals surface area contributed by atoms with Crippen LogP contribution in [0.25, 0.3) is 0 Å². The molecule has 1 atom stereocenters. The van der Waals surface area contributed by atoms with Gasteiger partial charge >= 0.3 is 0 Å². The van der Waals surface area contributed by atoms with Crippen molar-refractivity contribution in [1.82, 2.24) is 10.2 Å². The Hall–Kier alpha value is -3.92. The molecular formula is C28H32FN3O5S. The monoisotopic (exact) mass is 541 g/mol. The van der Waals surface area contributed by atoms with Gasteiger partial charge in [0, 0.05) is 13.1 Å². The van der Waals surface area contributed by atoms with E-state index >= 15 is 0 Å². The normalized spacial score (nSPS) is 11.9. The van der Waals surface area contributed by atoms with Crippen LogP contribution in [0, 0.1) is 5.82 Å². The molecule has 3 aromatic rings. The highest BCUT2D eigenvalue weighted by atomic mass is 32.2. The fraction of sp³-hybridized carbons (Fsp3) is 0.286. The van der Waals surface area contributed by atoms with Crippen LogP contribution in [0.4, 0.5) is 10.1 Å². The predicted molar refractivity (Wildman–Crippen MR) is 145 cm³/mol. The van der Waals surface area contributed by atoms with E-state index in [0.29, 0.717) is 23.6 Å². The number of benzene rings is 3. The molecule has 2 amide bonds. The highest BCUT2D eigenvalue weighted by Crippen LogP contribution is 2.26. The van der Waals surface area contributed by atoms with E-state index in [1.165, 1.54) is 29.2 Å². The molecule has 202 valence electrons. The Morgan fingerprint density at radius 3 is 2.13 bits per heavy atom. The van der Waals surface area contributed by atoms with Crippen LogP contribution >= 0.6 is 0 Å². The van der Waals surface area contributed by atoms with Crippen LogP contribution in [0.15, 0.2) is 78.9 Å². The summed E-state index contributed by atoms with van der Waals surface area (Å²) in [6, 6.07) is 20.1. The first-order valence-corrected chi connectivity index (χ1v) is 14.1. The fourth-order valence-corrected chi connectivity index (χ4v) is 4.53. The second kappa shape index (κ2) is 13.0. The van der Waals surface area contributed by atoms with Gasteiger partial charge in [0.15, 0.2) is 0 Å². The number of carbonyl (C=O) groups is 2. The second-order valence-electron chi connectivity index (χ2n) is 8.79. The van der Waals surface area contributed by atoms with E-state index in [-0.39, 0.29) is 18.1 Å². The Morgan fingerprint density at radius 2 is 1.55 bits per heavy atom. The van der Waals surface area contributed by atoms with Gasteiger partial charge < -0.3 is 15.0 Å². The number of ether oxygens (including phenoxy) is 1. The van der Waals surface area contributed by atoms with Crippen molar-refractivity contribution >= 4 is 27.5 Å². The van der Waals surface area contributed by atoms with E-state index in [4.69, 9.17) is 4.74 Å². The van der Waals surface area contributed by atoms with Crippen LogP contribution < -0.4 is 14.4 Å². The summed E-state index contributed by atoms with van der Waals surface area (Å²) in [5, 5.41) is 2.77. The summed E-state index contributed by atoms with van der Waals surface area (Å²) in [7, 11) is -3.86. The lowest BCUT2D eigenvalue weighted by Crippen LogP contribution is -2.51. The number of halogens is 1. The van der Waals surface area contributed by atoms with Crippen molar-refractivity contribution in [2.45, 2.75) is 32.9 Å². The van der Waals surface area contributed by atoms with Gasteiger partial charge in [-0.05, 0) is 67.4 Å². The first-order chi connectivity index (χ1) is 18.1. The fourth-order valence-electron chi connectivity index (χ4n) is 3.68. The highest BCUT2D eigenvalue weighted by molar-refractivity contribution is 7.92. The van der Waals surface area contributed by atoms with Crippen LogP contribution in [0.2, 0.25) is 0 Å².